The molecule has 1 aromatic carbocycles. The number of carbonyl (C=O) groups excluding carboxylic acids is 1. The Morgan fingerprint density at radius 3 is 3.04 bits per heavy atom. The van der Waals surface area contributed by atoms with E-state index in [1.54, 1.807) is 0 Å². The fourth-order valence-electron chi connectivity index (χ4n) is 3.27. The minimum absolute atomic E-state index is 0.0247. The van der Waals surface area contributed by atoms with Crippen molar-refractivity contribution in [2.24, 2.45) is 5.92 Å². The molecule has 2 atom stereocenters. The second kappa shape index (κ2) is 7.78. The van der Waals surface area contributed by atoms with E-state index in [1.807, 2.05) is 45.0 Å². The summed E-state index contributed by atoms with van der Waals surface area (Å²) in [6.45, 7) is 7.93. The number of likely N-dealkylation sites (tertiary alicyclic amines) is 1. The standard InChI is InChI=1S/C19H25N3O3/c1-4-24-19(23)16-9-6-10-22(12-16)14(3)17-20-21-18(25-17)15-8-5-7-13(2)11-15/h5,7-8,11,14,16H,4,6,9-10,12H2,1-3H3/t14-,16+/m1/s1. The van der Waals surface area contributed by atoms with Crippen LogP contribution in [-0.2, 0) is 9.53 Å². The van der Waals surface area contributed by atoms with Crippen LogP contribution in [0.5, 0.6) is 0 Å². The van der Waals surface area contributed by atoms with Gasteiger partial charge in [0.15, 0.2) is 0 Å². The van der Waals surface area contributed by atoms with Gasteiger partial charge in [-0.1, -0.05) is 17.7 Å². The van der Waals surface area contributed by atoms with E-state index in [-0.39, 0.29) is 17.9 Å². The molecule has 0 amide bonds. The van der Waals surface area contributed by atoms with Crippen molar-refractivity contribution in [1.82, 2.24) is 15.1 Å². The van der Waals surface area contributed by atoms with Gasteiger partial charge < -0.3 is 9.15 Å². The van der Waals surface area contributed by atoms with Crippen LogP contribution in [-0.4, -0.2) is 40.8 Å². The minimum Gasteiger partial charge on any atom is -0.466 e. The molecule has 2 heterocycles. The molecule has 0 N–H and O–H groups in total. The Balaban J connectivity index is 1.70. The number of ether oxygens (including phenoxy) is 1. The van der Waals surface area contributed by atoms with Crippen molar-refractivity contribution in [2.75, 3.05) is 19.7 Å². The lowest BCUT2D eigenvalue weighted by Crippen LogP contribution is -2.40. The molecule has 1 fully saturated rings. The Hall–Kier alpha value is -2.21. The first-order valence-electron chi connectivity index (χ1n) is 8.89. The lowest BCUT2D eigenvalue weighted by Gasteiger charge is -2.34. The van der Waals surface area contributed by atoms with Gasteiger partial charge in [0.05, 0.1) is 18.6 Å². The van der Waals surface area contributed by atoms with E-state index in [9.17, 15) is 4.79 Å². The summed E-state index contributed by atoms with van der Waals surface area (Å²) in [5.74, 6) is 0.936. The molecule has 0 saturated carbocycles. The average molecular weight is 343 g/mol. The molecule has 3 rings (SSSR count). The summed E-state index contributed by atoms with van der Waals surface area (Å²) in [5.41, 5.74) is 2.08. The lowest BCUT2D eigenvalue weighted by atomic mass is 9.97. The van der Waals surface area contributed by atoms with Crippen molar-refractivity contribution < 1.29 is 13.9 Å². The quantitative estimate of drug-likeness (QED) is 0.775. The van der Waals surface area contributed by atoms with Crippen LogP contribution in [0.2, 0.25) is 0 Å². The molecule has 1 aliphatic heterocycles. The average Bonchev–Trinajstić information content (AvgIpc) is 3.11. The van der Waals surface area contributed by atoms with Gasteiger partial charge in [-0.3, -0.25) is 9.69 Å². The fraction of sp³-hybridized carbons (Fsp3) is 0.526. The van der Waals surface area contributed by atoms with Crippen molar-refractivity contribution in [1.29, 1.82) is 0 Å². The Morgan fingerprint density at radius 2 is 2.28 bits per heavy atom. The van der Waals surface area contributed by atoms with Crippen molar-refractivity contribution >= 4 is 5.97 Å². The van der Waals surface area contributed by atoms with E-state index >= 15 is 0 Å². The maximum atomic E-state index is 12.0. The van der Waals surface area contributed by atoms with Gasteiger partial charge in [0.2, 0.25) is 11.8 Å². The number of carbonyl (C=O) groups is 1. The van der Waals surface area contributed by atoms with Crippen LogP contribution in [0, 0.1) is 12.8 Å². The SMILES string of the molecule is CCOC(=O)[C@H]1CCCN([C@H](C)c2nnc(-c3cccc(C)c3)o2)C1. The Morgan fingerprint density at radius 1 is 1.44 bits per heavy atom. The molecule has 0 spiro atoms. The predicted molar refractivity (Wildman–Crippen MR) is 93.8 cm³/mol. The maximum absolute atomic E-state index is 12.0. The van der Waals surface area contributed by atoms with Gasteiger partial charge in [0, 0.05) is 12.1 Å². The number of nitrogens with zero attached hydrogens (tertiary/aromatic N) is 3. The van der Waals surface area contributed by atoms with Gasteiger partial charge in [0.1, 0.15) is 0 Å². The summed E-state index contributed by atoms with van der Waals surface area (Å²) < 4.78 is 11.1. The number of piperidine rings is 1. The van der Waals surface area contributed by atoms with Crippen LogP contribution in [0.25, 0.3) is 11.5 Å². The number of hydrogen-bond donors (Lipinski definition) is 0. The van der Waals surface area contributed by atoms with Gasteiger partial charge in [0.25, 0.3) is 0 Å². The zero-order chi connectivity index (χ0) is 17.8. The first-order chi connectivity index (χ1) is 12.1. The van der Waals surface area contributed by atoms with E-state index in [0.717, 1.165) is 30.5 Å². The molecule has 6 heteroatoms. The van der Waals surface area contributed by atoms with Gasteiger partial charge in [-0.15, -0.1) is 10.2 Å². The van der Waals surface area contributed by atoms with Crippen LogP contribution in [0.1, 0.15) is 44.2 Å². The van der Waals surface area contributed by atoms with Crippen LogP contribution >= 0.6 is 0 Å². The van der Waals surface area contributed by atoms with Crippen LogP contribution in [0.3, 0.4) is 0 Å². The fourth-order valence-corrected chi connectivity index (χ4v) is 3.27. The molecule has 1 aromatic heterocycles. The summed E-state index contributed by atoms with van der Waals surface area (Å²) in [6.07, 6.45) is 1.84. The van der Waals surface area contributed by atoms with E-state index in [2.05, 4.69) is 15.1 Å². The van der Waals surface area contributed by atoms with Crippen LogP contribution < -0.4 is 0 Å². The summed E-state index contributed by atoms with van der Waals surface area (Å²) in [4.78, 5) is 14.2. The Labute approximate surface area is 148 Å². The molecule has 134 valence electrons. The van der Waals surface area contributed by atoms with Crippen LogP contribution in [0.15, 0.2) is 28.7 Å². The van der Waals surface area contributed by atoms with Gasteiger partial charge >= 0.3 is 5.97 Å². The molecule has 2 aromatic rings. The van der Waals surface area contributed by atoms with Crippen molar-refractivity contribution in [3.05, 3.63) is 35.7 Å². The second-order valence-corrected chi connectivity index (χ2v) is 6.58. The number of hydrogen-bond acceptors (Lipinski definition) is 6. The minimum atomic E-state index is -0.106. The topological polar surface area (TPSA) is 68.5 Å². The van der Waals surface area contributed by atoms with Crippen LogP contribution in [0.4, 0.5) is 0 Å². The molecule has 0 bridgehead atoms. The van der Waals surface area contributed by atoms with Crippen molar-refractivity contribution in [3.8, 4) is 11.5 Å². The third-order valence-electron chi connectivity index (χ3n) is 4.68. The van der Waals surface area contributed by atoms with E-state index < -0.39 is 0 Å². The molecule has 0 aliphatic carbocycles. The summed E-state index contributed by atoms with van der Waals surface area (Å²) in [5, 5.41) is 8.42. The third kappa shape index (κ3) is 4.07. The highest BCUT2D eigenvalue weighted by Crippen LogP contribution is 2.28. The monoisotopic (exact) mass is 343 g/mol. The van der Waals surface area contributed by atoms with Gasteiger partial charge in [-0.05, 0) is 52.3 Å². The molecule has 0 unspecified atom stereocenters. The zero-order valence-electron chi connectivity index (χ0n) is 15.1. The first kappa shape index (κ1) is 17.6. The lowest BCUT2D eigenvalue weighted by molar-refractivity contribution is -0.150. The second-order valence-electron chi connectivity index (χ2n) is 6.58. The highest BCUT2D eigenvalue weighted by atomic mass is 16.5. The van der Waals surface area contributed by atoms with E-state index in [0.29, 0.717) is 24.9 Å². The number of esters is 1. The predicted octanol–water partition coefficient (Wildman–Crippen LogP) is 3.38. The maximum Gasteiger partial charge on any atom is 0.310 e. The molecule has 1 saturated heterocycles. The molecule has 0 radical (unpaired) electrons. The normalized spacial score (nSPS) is 19.6. The number of aromatic nitrogens is 2. The Bertz CT molecular complexity index is 728. The van der Waals surface area contributed by atoms with Crippen molar-refractivity contribution in [3.63, 3.8) is 0 Å². The highest BCUT2D eigenvalue weighted by Gasteiger charge is 2.31. The smallest absolute Gasteiger partial charge is 0.310 e. The van der Waals surface area contributed by atoms with Crippen molar-refractivity contribution in [2.45, 2.75) is 39.7 Å². The zero-order valence-corrected chi connectivity index (χ0v) is 15.1. The van der Waals surface area contributed by atoms with Gasteiger partial charge in [-0.2, -0.15) is 0 Å². The molecule has 25 heavy (non-hydrogen) atoms. The number of rotatable bonds is 5. The molecule has 1 aliphatic rings. The van der Waals surface area contributed by atoms with Gasteiger partial charge in [-0.25, -0.2) is 0 Å². The van der Waals surface area contributed by atoms with E-state index in [4.69, 9.17) is 9.15 Å². The molecule has 6 nitrogen and oxygen atoms in total. The number of aryl methyl sites for hydroxylation is 1. The Kier molecular flexibility index (Phi) is 5.48. The number of benzene rings is 1. The highest BCUT2D eigenvalue weighted by molar-refractivity contribution is 5.72. The largest absolute Gasteiger partial charge is 0.466 e. The molecular weight excluding hydrogens is 318 g/mol. The first-order valence-corrected chi connectivity index (χ1v) is 8.89. The third-order valence-corrected chi connectivity index (χ3v) is 4.68. The van der Waals surface area contributed by atoms with E-state index in [1.165, 1.54) is 0 Å². The molecular formula is C19H25N3O3. The summed E-state index contributed by atoms with van der Waals surface area (Å²) in [6, 6.07) is 7.98. The summed E-state index contributed by atoms with van der Waals surface area (Å²) >= 11 is 0. The summed E-state index contributed by atoms with van der Waals surface area (Å²) in [7, 11) is 0.